The number of benzene rings is 6. The van der Waals surface area contributed by atoms with Crippen molar-refractivity contribution in [2.45, 2.75) is 0 Å². The van der Waals surface area contributed by atoms with Gasteiger partial charge in [-0.15, -0.1) is 0 Å². The molecule has 0 radical (unpaired) electrons. The van der Waals surface area contributed by atoms with Crippen LogP contribution in [0.3, 0.4) is 0 Å². The molecule has 0 atom stereocenters. The lowest BCUT2D eigenvalue weighted by Gasteiger charge is -2.14. The average molecular weight is 583 g/mol. The first-order valence-electron chi connectivity index (χ1n) is 13.9. The normalized spacial score (nSPS) is 10.5. The molecule has 0 saturated carbocycles. The maximum absolute atomic E-state index is 6.15. The first-order valence-corrected chi connectivity index (χ1v) is 13.9. The van der Waals surface area contributed by atoms with Gasteiger partial charge in [0, 0.05) is 11.4 Å². The number of nitrogens with one attached hydrogen (secondary N) is 2. The Bertz CT molecular complexity index is 1670. The molecular weight excluding hydrogens is 552 g/mol. The molecule has 0 bridgehead atoms. The Morgan fingerprint density at radius 1 is 0.364 bits per heavy atom. The number of nitrogens with two attached hydrogens (primary N) is 2. The molecule has 0 amide bonds. The fourth-order valence-electron chi connectivity index (χ4n) is 4.26. The van der Waals surface area contributed by atoms with E-state index in [0.717, 1.165) is 11.1 Å². The van der Waals surface area contributed by atoms with Gasteiger partial charge in [-0.05, 0) is 108 Å². The van der Waals surface area contributed by atoms with E-state index >= 15 is 0 Å². The van der Waals surface area contributed by atoms with Crippen LogP contribution in [0.2, 0.25) is 0 Å². The summed E-state index contributed by atoms with van der Waals surface area (Å²) in [5.41, 5.74) is 22.2. The summed E-state index contributed by atoms with van der Waals surface area (Å²) in [5.74, 6) is 3.93. The zero-order valence-electron chi connectivity index (χ0n) is 23.6. The Morgan fingerprint density at radius 3 is 1.09 bits per heavy atom. The molecule has 0 fully saturated rings. The van der Waals surface area contributed by atoms with Gasteiger partial charge in [-0.2, -0.15) is 0 Å². The summed E-state index contributed by atoms with van der Waals surface area (Å²) in [6.07, 6.45) is 0. The zero-order valence-corrected chi connectivity index (χ0v) is 23.6. The quantitative estimate of drug-likeness (QED) is 0.0885. The predicted molar refractivity (Wildman–Crippen MR) is 175 cm³/mol. The average Bonchev–Trinajstić information content (AvgIpc) is 3.06. The number of para-hydroxylation sites is 4. The summed E-state index contributed by atoms with van der Waals surface area (Å²) < 4.78 is 12.3. The fourth-order valence-corrected chi connectivity index (χ4v) is 4.26. The molecule has 6 N–H and O–H groups in total. The lowest BCUT2D eigenvalue weighted by Crippen LogP contribution is -2.05. The van der Waals surface area contributed by atoms with E-state index in [-0.39, 0.29) is 0 Å². The second-order valence-corrected chi connectivity index (χ2v) is 9.79. The number of ether oxygens (including phenoxy) is 2. The molecular formula is C36H30N4O4. The molecule has 0 spiro atoms. The van der Waals surface area contributed by atoms with Crippen LogP contribution in [0.15, 0.2) is 146 Å². The van der Waals surface area contributed by atoms with E-state index in [2.05, 4.69) is 11.0 Å². The first-order chi connectivity index (χ1) is 21.6. The minimum Gasteiger partial charge on any atom is -0.455 e. The van der Waals surface area contributed by atoms with Gasteiger partial charge in [-0.3, -0.25) is 0 Å². The third-order valence-corrected chi connectivity index (χ3v) is 6.59. The van der Waals surface area contributed by atoms with Crippen molar-refractivity contribution in [1.29, 1.82) is 0 Å². The Kier molecular flexibility index (Phi) is 8.32. The van der Waals surface area contributed by atoms with Gasteiger partial charge in [-0.1, -0.05) is 48.5 Å². The molecule has 0 aliphatic heterocycles. The van der Waals surface area contributed by atoms with Gasteiger partial charge in [0.25, 0.3) is 0 Å². The predicted octanol–water partition coefficient (Wildman–Crippen LogP) is 8.91. The number of hydrogen-bond donors (Lipinski definition) is 4. The standard InChI is InChI=1S/C36H30N4O4/c37-27-13-21-31(22-14-27)43-39-33-5-1-3-7-35(33)41-29-17-9-25(10-18-29)26-11-19-30(20-12-26)42-36-8-4-2-6-34(36)40-44-32-23-15-28(38)16-24-32/h1-24,39-40H,37-38H2. The van der Waals surface area contributed by atoms with E-state index in [9.17, 15) is 0 Å². The summed E-state index contributed by atoms with van der Waals surface area (Å²) in [4.78, 5) is 11.4. The van der Waals surface area contributed by atoms with Crippen LogP contribution in [0, 0.1) is 0 Å². The molecule has 8 nitrogen and oxygen atoms in total. The Labute approximate surface area is 255 Å². The van der Waals surface area contributed by atoms with E-state index in [1.165, 1.54) is 0 Å². The van der Waals surface area contributed by atoms with Gasteiger partial charge in [-0.25, -0.2) is 11.0 Å². The lowest BCUT2D eigenvalue weighted by molar-refractivity contribution is 0.397. The van der Waals surface area contributed by atoms with Gasteiger partial charge in [0.15, 0.2) is 23.0 Å². The molecule has 0 saturated heterocycles. The lowest BCUT2D eigenvalue weighted by atomic mass is 10.1. The second kappa shape index (κ2) is 13.1. The molecule has 6 rings (SSSR count). The monoisotopic (exact) mass is 582 g/mol. The summed E-state index contributed by atoms with van der Waals surface area (Å²) in [7, 11) is 0. The Balaban J connectivity index is 1.07. The van der Waals surface area contributed by atoms with Crippen molar-refractivity contribution in [2.75, 3.05) is 22.4 Å². The highest BCUT2D eigenvalue weighted by atomic mass is 16.7. The highest BCUT2D eigenvalue weighted by Crippen LogP contribution is 2.33. The molecule has 0 aliphatic carbocycles. The summed E-state index contributed by atoms with van der Waals surface area (Å²) in [6.45, 7) is 0. The van der Waals surface area contributed by atoms with E-state index in [4.69, 9.17) is 30.6 Å². The molecule has 0 heterocycles. The van der Waals surface area contributed by atoms with Crippen molar-refractivity contribution in [1.82, 2.24) is 0 Å². The number of anilines is 4. The van der Waals surface area contributed by atoms with Gasteiger partial charge >= 0.3 is 0 Å². The zero-order chi connectivity index (χ0) is 30.1. The third kappa shape index (κ3) is 7.13. The molecule has 6 aromatic carbocycles. The smallest absolute Gasteiger partial charge is 0.155 e. The minimum absolute atomic E-state index is 0.630. The van der Waals surface area contributed by atoms with Crippen LogP contribution in [0.25, 0.3) is 11.1 Å². The van der Waals surface area contributed by atoms with E-state index in [1.54, 1.807) is 48.5 Å². The first kappa shape index (κ1) is 27.9. The number of nitrogen functional groups attached to an aromatic ring is 2. The molecule has 44 heavy (non-hydrogen) atoms. The van der Waals surface area contributed by atoms with Crippen LogP contribution in [0.1, 0.15) is 0 Å². The number of rotatable bonds is 11. The maximum Gasteiger partial charge on any atom is 0.155 e. The Morgan fingerprint density at radius 2 is 0.705 bits per heavy atom. The van der Waals surface area contributed by atoms with Gasteiger partial charge < -0.3 is 30.6 Å². The van der Waals surface area contributed by atoms with Crippen molar-refractivity contribution in [3.8, 4) is 45.6 Å². The fraction of sp³-hybridized carbons (Fsp3) is 0. The molecule has 0 unspecified atom stereocenters. The van der Waals surface area contributed by atoms with Crippen LogP contribution in [-0.4, -0.2) is 0 Å². The third-order valence-electron chi connectivity index (χ3n) is 6.59. The van der Waals surface area contributed by atoms with E-state index < -0.39 is 0 Å². The topological polar surface area (TPSA) is 113 Å². The van der Waals surface area contributed by atoms with Crippen molar-refractivity contribution in [3.63, 3.8) is 0 Å². The van der Waals surface area contributed by atoms with Crippen LogP contribution >= 0.6 is 0 Å². The SMILES string of the molecule is Nc1ccc(ONc2ccccc2Oc2ccc(-c3ccc(Oc4ccccc4NOc4ccc(N)cc4)cc3)cc2)cc1. The molecule has 218 valence electrons. The largest absolute Gasteiger partial charge is 0.455 e. The summed E-state index contributed by atoms with van der Waals surface area (Å²) in [5, 5.41) is 0. The highest BCUT2D eigenvalue weighted by Gasteiger charge is 2.08. The van der Waals surface area contributed by atoms with Gasteiger partial charge in [0.05, 0.1) is 0 Å². The summed E-state index contributed by atoms with van der Waals surface area (Å²) >= 11 is 0. The summed E-state index contributed by atoms with van der Waals surface area (Å²) in [6, 6.07) is 45.2. The minimum atomic E-state index is 0.630. The molecule has 0 aromatic heterocycles. The van der Waals surface area contributed by atoms with Crippen molar-refractivity contribution in [3.05, 3.63) is 146 Å². The molecule has 0 aliphatic rings. The second-order valence-electron chi connectivity index (χ2n) is 9.79. The Hall–Kier alpha value is -6.28. The van der Waals surface area contributed by atoms with Crippen LogP contribution in [0.5, 0.6) is 34.5 Å². The maximum atomic E-state index is 6.15. The molecule has 8 heteroatoms. The van der Waals surface area contributed by atoms with Gasteiger partial charge in [0.2, 0.25) is 0 Å². The number of hydrogen-bond acceptors (Lipinski definition) is 8. The van der Waals surface area contributed by atoms with E-state index in [0.29, 0.717) is 57.2 Å². The van der Waals surface area contributed by atoms with Crippen LogP contribution in [0.4, 0.5) is 22.7 Å². The van der Waals surface area contributed by atoms with Crippen LogP contribution in [-0.2, 0) is 0 Å². The van der Waals surface area contributed by atoms with Crippen molar-refractivity contribution in [2.24, 2.45) is 0 Å². The molecule has 6 aromatic rings. The van der Waals surface area contributed by atoms with Crippen molar-refractivity contribution < 1.29 is 19.1 Å². The van der Waals surface area contributed by atoms with Crippen molar-refractivity contribution >= 4 is 22.7 Å². The van der Waals surface area contributed by atoms with E-state index in [1.807, 2.05) is 97.1 Å². The van der Waals surface area contributed by atoms with Gasteiger partial charge in [0.1, 0.15) is 22.9 Å². The highest BCUT2D eigenvalue weighted by molar-refractivity contribution is 5.66. The van der Waals surface area contributed by atoms with Crippen LogP contribution < -0.4 is 41.6 Å².